The zero-order valence-corrected chi connectivity index (χ0v) is 4.52. The first-order chi connectivity index (χ1) is 4.30. The first-order valence-electron chi connectivity index (χ1n) is 2.35. The lowest BCUT2D eigenvalue weighted by Gasteiger charge is -1.84. The molecule has 0 aliphatic carbocycles. The summed E-state index contributed by atoms with van der Waals surface area (Å²) in [6, 6.07) is 2.92. The van der Waals surface area contributed by atoms with Gasteiger partial charge in [-0.2, -0.15) is 0 Å². The molecule has 1 aromatic rings. The zero-order valence-electron chi connectivity index (χ0n) is 4.52. The number of hydrogen-bond donors (Lipinski definition) is 0. The number of pyridine rings is 1. The van der Waals surface area contributed by atoms with E-state index in [1.165, 1.54) is 24.5 Å². The standard InChI is InChI=1S/C5H4N2O2/c8-7(9)5-2-1-3-6-4-5/h1-4H. The second kappa shape index (κ2) is 2.21. The molecule has 9 heavy (non-hydrogen) atoms. The fourth-order valence-electron chi connectivity index (χ4n) is 0.462. The van der Waals surface area contributed by atoms with Gasteiger partial charge in [0.25, 0.3) is 5.69 Å². The molecule has 46 valence electrons. The van der Waals surface area contributed by atoms with Crippen LogP contribution in [-0.2, 0) is 0 Å². The van der Waals surface area contributed by atoms with Crippen molar-refractivity contribution in [3.8, 4) is 0 Å². The van der Waals surface area contributed by atoms with E-state index in [4.69, 9.17) is 0 Å². The summed E-state index contributed by atoms with van der Waals surface area (Å²) in [5.74, 6) is 0. The Balaban J connectivity index is 2.98. The van der Waals surface area contributed by atoms with E-state index in [2.05, 4.69) is 4.98 Å². The third kappa shape index (κ3) is 1.22. The second-order valence-electron chi connectivity index (χ2n) is 1.47. The van der Waals surface area contributed by atoms with E-state index in [0.717, 1.165) is 0 Å². The quantitative estimate of drug-likeness (QED) is 0.414. The van der Waals surface area contributed by atoms with Gasteiger partial charge in [0.2, 0.25) is 0 Å². The third-order valence-corrected chi connectivity index (χ3v) is 0.857. The predicted octanol–water partition coefficient (Wildman–Crippen LogP) is 0.990. The van der Waals surface area contributed by atoms with E-state index < -0.39 is 4.92 Å². The number of aromatic nitrogens is 1. The van der Waals surface area contributed by atoms with Crippen molar-refractivity contribution in [2.75, 3.05) is 0 Å². The average molecular weight is 124 g/mol. The molecule has 0 unspecified atom stereocenters. The maximum Gasteiger partial charge on any atom is 0.287 e. The van der Waals surface area contributed by atoms with Crippen LogP contribution in [-0.4, -0.2) is 9.91 Å². The van der Waals surface area contributed by atoms with Gasteiger partial charge in [-0.15, -0.1) is 0 Å². The number of hydrogen-bond acceptors (Lipinski definition) is 3. The molecule has 0 radical (unpaired) electrons. The highest BCUT2D eigenvalue weighted by molar-refractivity contribution is 5.23. The van der Waals surface area contributed by atoms with Crippen LogP contribution in [0.2, 0.25) is 0 Å². The van der Waals surface area contributed by atoms with Crippen LogP contribution in [0.4, 0.5) is 5.69 Å². The topological polar surface area (TPSA) is 56.0 Å². The Morgan fingerprint density at radius 1 is 1.67 bits per heavy atom. The van der Waals surface area contributed by atoms with Gasteiger partial charge in [-0.25, -0.2) is 0 Å². The van der Waals surface area contributed by atoms with Crippen LogP contribution in [0.3, 0.4) is 0 Å². The molecule has 4 heteroatoms. The van der Waals surface area contributed by atoms with E-state index in [0.29, 0.717) is 0 Å². The van der Waals surface area contributed by atoms with Crippen molar-refractivity contribution in [3.63, 3.8) is 0 Å². The minimum Gasteiger partial charge on any atom is -0.258 e. The number of nitro groups is 1. The lowest BCUT2D eigenvalue weighted by Crippen LogP contribution is -1.86. The fourth-order valence-corrected chi connectivity index (χ4v) is 0.462. The lowest BCUT2D eigenvalue weighted by atomic mass is 10.4. The zero-order chi connectivity index (χ0) is 6.69. The summed E-state index contributed by atoms with van der Waals surface area (Å²) in [4.78, 5) is 13.1. The molecule has 0 saturated carbocycles. The lowest BCUT2D eigenvalue weighted by molar-refractivity contribution is -0.385. The monoisotopic (exact) mass is 124 g/mol. The van der Waals surface area contributed by atoms with Gasteiger partial charge < -0.3 is 0 Å². The molecule has 0 N–H and O–H groups in total. The molecule has 0 atom stereocenters. The number of rotatable bonds is 1. The SMILES string of the molecule is O=[N+]([O-])c1cccnc1. The van der Waals surface area contributed by atoms with Gasteiger partial charge in [0, 0.05) is 12.3 Å². The average Bonchev–Trinajstić information content (AvgIpc) is 1.90. The molecule has 0 bridgehead atoms. The number of nitrogens with zero attached hydrogens (tertiary/aromatic N) is 2. The van der Waals surface area contributed by atoms with E-state index in [1.807, 2.05) is 0 Å². The summed E-state index contributed by atoms with van der Waals surface area (Å²) in [6.07, 6.45) is 2.70. The van der Waals surface area contributed by atoms with E-state index in [9.17, 15) is 10.1 Å². The molecule has 0 fully saturated rings. The Morgan fingerprint density at radius 2 is 2.44 bits per heavy atom. The van der Waals surface area contributed by atoms with Crippen molar-refractivity contribution < 1.29 is 4.92 Å². The maximum atomic E-state index is 9.97. The molecular formula is C5H4N2O2. The van der Waals surface area contributed by atoms with Gasteiger partial charge in [0.15, 0.2) is 0 Å². The Kier molecular flexibility index (Phi) is 1.40. The van der Waals surface area contributed by atoms with Crippen LogP contribution in [0.15, 0.2) is 24.5 Å². The van der Waals surface area contributed by atoms with Crippen molar-refractivity contribution in [1.82, 2.24) is 4.98 Å². The normalized spacial score (nSPS) is 8.89. The van der Waals surface area contributed by atoms with Gasteiger partial charge in [-0.05, 0) is 6.07 Å². The van der Waals surface area contributed by atoms with Gasteiger partial charge in [-0.1, -0.05) is 0 Å². The summed E-state index contributed by atoms with van der Waals surface area (Å²) in [5.41, 5.74) is 0.0255. The predicted molar refractivity (Wildman–Crippen MR) is 30.9 cm³/mol. The molecule has 1 rings (SSSR count). The molecular weight excluding hydrogens is 120 g/mol. The van der Waals surface area contributed by atoms with E-state index >= 15 is 0 Å². The molecule has 1 aromatic heterocycles. The van der Waals surface area contributed by atoms with Gasteiger partial charge >= 0.3 is 0 Å². The second-order valence-corrected chi connectivity index (χ2v) is 1.47. The van der Waals surface area contributed by atoms with Crippen molar-refractivity contribution in [2.24, 2.45) is 0 Å². The van der Waals surface area contributed by atoms with E-state index in [-0.39, 0.29) is 5.69 Å². The molecule has 4 nitrogen and oxygen atoms in total. The minimum absolute atomic E-state index is 0.0255. The summed E-state index contributed by atoms with van der Waals surface area (Å²) >= 11 is 0. The van der Waals surface area contributed by atoms with Gasteiger partial charge in [0.1, 0.15) is 6.20 Å². The van der Waals surface area contributed by atoms with Crippen LogP contribution in [0.25, 0.3) is 0 Å². The molecule has 1 heterocycles. The van der Waals surface area contributed by atoms with E-state index in [1.54, 1.807) is 0 Å². The molecule has 0 aliphatic rings. The first-order valence-corrected chi connectivity index (χ1v) is 2.35. The van der Waals surface area contributed by atoms with Crippen LogP contribution >= 0.6 is 0 Å². The smallest absolute Gasteiger partial charge is 0.258 e. The Morgan fingerprint density at radius 3 is 2.78 bits per heavy atom. The molecule has 0 amide bonds. The van der Waals surface area contributed by atoms with Crippen LogP contribution in [0.1, 0.15) is 0 Å². The maximum absolute atomic E-state index is 9.97. The Bertz CT molecular complexity index is 209. The minimum atomic E-state index is -0.479. The molecule has 0 aromatic carbocycles. The van der Waals surface area contributed by atoms with Crippen molar-refractivity contribution in [3.05, 3.63) is 34.6 Å². The van der Waals surface area contributed by atoms with Gasteiger partial charge in [-0.3, -0.25) is 15.1 Å². The van der Waals surface area contributed by atoms with Crippen molar-refractivity contribution in [1.29, 1.82) is 0 Å². The van der Waals surface area contributed by atoms with Crippen LogP contribution in [0.5, 0.6) is 0 Å². The Hall–Kier alpha value is -1.45. The first kappa shape index (κ1) is 5.68. The summed E-state index contributed by atoms with van der Waals surface area (Å²) in [5, 5.41) is 9.97. The molecule has 0 aliphatic heterocycles. The largest absolute Gasteiger partial charge is 0.287 e. The highest BCUT2D eigenvalue weighted by atomic mass is 16.6. The summed E-state index contributed by atoms with van der Waals surface area (Å²) < 4.78 is 0. The fraction of sp³-hybridized carbons (Fsp3) is 0. The van der Waals surface area contributed by atoms with Crippen molar-refractivity contribution >= 4 is 5.69 Å². The summed E-state index contributed by atoms with van der Waals surface area (Å²) in [7, 11) is 0. The third-order valence-electron chi connectivity index (χ3n) is 0.857. The van der Waals surface area contributed by atoms with Crippen LogP contribution in [0, 0.1) is 10.1 Å². The van der Waals surface area contributed by atoms with Crippen molar-refractivity contribution in [2.45, 2.75) is 0 Å². The summed E-state index contributed by atoms with van der Waals surface area (Å²) in [6.45, 7) is 0. The highest BCUT2D eigenvalue weighted by Crippen LogP contribution is 2.04. The molecule has 0 saturated heterocycles. The Labute approximate surface area is 51.3 Å². The van der Waals surface area contributed by atoms with Gasteiger partial charge in [0.05, 0.1) is 4.92 Å². The molecule has 0 spiro atoms. The van der Waals surface area contributed by atoms with Crippen LogP contribution < -0.4 is 0 Å². The highest BCUT2D eigenvalue weighted by Gasteiger charge is 1.99.